The zero-order chi connectivity index (χ0) is 15.4. The number of ether oxygens (including phenoxy) is 1. The zero-order valence-corrected chi connectivity index (χ0v) is 11.6. The number of amides is 1. The molecule has 0 unspecified atom stereocenters. The molecule has 0 bridgehead atoms. The molecule has 1 heterocycles. The summed E-state index contributed by atoms with van der Waals surface area (Å²) in [5.74, 6) is -0.806. The van der Waals surface area contributed by atoms with Gasteiger partial charge in [0.2, 0.25) is 5.91 Å². The molecular weight excluding hydrogens is 274 g/mol. The second-order valence-electron chi connectivity index (χ2n) is 4.84. The lowest BCUT2D eigenvalue weighted by Crippen LogP contribution is -2.39. The molecular formula is C15H17NO5. The van der Waals surface area contributed by atoms with Crippen molar-refractivity contribution in [2.75, 3.05) is 13.7 Å². The van der Waals surface area contributed by atoms with Gasteiger partial charge in [0.05, 0.1) is 13.2 Å². The van der Waals surface area contributed by atoms with E-state index in [1.165, 1.54) is 11.0 Å². The summed E-state index contributed by atoms with van der Waals surface area (Å²) < 4.78 is 5.04. The van der Waals surface area contributed by atoms with Crippen molar-refractivity contribution >= 4 is 18.0 Å². The summed E-state index contributed by atoms with van der Waals surface area (Å²) in [5.41, 5.74) is 0.802. The first-order valence-electron chi connectivity index (χ1n) is 6.55. The van der Waals surface area contributed by atoms with Crippen LogP contribution >= 0.6 is 0 Å². The maximum atomic E-state index is 12.0. The summed E-state index contributed by atoms with van der Waals surface area (Å²) >= 11 is 0. The molecule has 1 aromatic carbocycles. The molecule has 0 spiro atoms. The quantitative estimate of drug-likeness (QED) is 0.800. The highest BCUT2D eigenvalue weighted by Crippen LogP contribution is 2.19. The topological polar surface area (TPSA) is 87.1 Å². The summed E-state index contributed by atoms with van der Waals surface area (Å²) in [5, 5.41) is 18.6. The van der Waals surface area contributed by atoms with E-state index in [9.17, 15) is 14.7 Å². The van der Waals surface area contributed by atoms with E-state index < -0.39 is 24.0 Å². The molecule has 2 rings (SSSR count). The largest absolute Gasteiger partial charge is 0.497 e. The second-order valence-corrected chi connectivity index (χ2v) is 4.84. The van der Waals surface area contributed by atoms with Crippen molar-refractivity contribution in [3.05, 3.63) is 35.9 Å². The van der Waals surface area contributed by atoms with Crippen LogP contribution in [-0.2, 0) is 9.59 Å². The van der Waals surface area contributed by atoms with Crippen LogP contribution in [0.4, 0.5) is 0 Å². The van der Waals surface area contributed by atoms with Crippen molar-refractivity contribution in [2.24, 2.45) is 0 Å². The fourth-order valence-electron chi connectivity index (χ4n) is 2.27. The van der Waals surface area contributed by atoms with E-state index in [-0.39, 0.29) is 13.0 Å². The molecule has 0 saturated carbocycles. The van der Waals surface area contributed by atoms with Crippen molar-refractivity contribution in [1.29, 1.82) is 0 Å². The van der Waals surface area contributed by atoms with E-state index in [2.05, 4.69) is 0 Å². The third-order valence-corrected chi connectivity index (χ3v) is 3.38. The van der Waals surface area contributed by atoms with Gasteiger partial charge in [0.25, 0.3) is 0 Å². The van der Waals surface area contributed by atoms with E-state index in [1.807, 2.05) is 0 Å². The van der Waals surface area contributed by atoms with Crippen LogP contribution in [0.25, 0.3) is 6.08 Å². The number of rotatable bonds is 4. The van der Waals surface area contributed by atoms with Gasteiger partial charge in [-0.1, -0.05) is 12.1 Å². The van der Waals surface area contributed by atoms with Crippen LogP contribution in [0.2, 0.25) is 0 Å². The lowest BCUT2D eigenvalue weighted by molar-refractivity contribution is -0.146. The van der Waals surface area contributed by atoms with Crippen molar-refractivity contribution in [1.82, 2.24) is 4.90 Å². The SMILES string of the molecule is COc1ccc(C=CC(=O)N2C[C@H](O)C[C@@H]2C(=O)O)cc1. The van der Waals surface area contributed by atoms with Crippen LogP contribution in [0.5, 0.6) is 5.75 Å². The van der Waals surface area contributed by atoms with E-state index in [0.717, 1.165) is 5.56 Å². The molecule has 1 fully saturated rings. The first-order chi connectivity index (χ1) is 10.0. The number of β-amino-alcohol motifs (C(OH)–C–C–N with tert-alkyl or cyclic N) is 1. The van der Waals surface area contributed by atoms with Crippen molar-refractivity contribution < 1.29 is 24.5 Å². The number of hydrogen-bond donors (Lipinski definition) is 2. The average molecular weight is 291 g/mol. The Morgan fingerprint density at radius 2 is 2.00 bits per heavy atom. The number of benzene rings is 1. The number of aliphatic hydroxyl groups is 1. The van der Waals surface area contributed by atoms with E-state index in [4.69, 9.17) is 9.84 Å². The predicted octanol–water partition coefficient (Wildman–Crippen LogP) is 0.755. The zero-order valence-electron chi connectivity index (χ0n) is 11.6. The van der Waals surface area contributed by atoms with Crippen molar-refractivity contribution in [3.63, 3.8) is 0 Å². The molecule has 21 heavy (non-hydrogen) atoms. The van der Waals surface area contributed by atoms with Gasteiger partial charge >= 0.3 is 5.97 Å². The molecule has 6 heteroatoms. The lowest BCUT2D eigenvalue weighted by Gasteiger charge is -2.19. The Bertz CT molecular complexity index is 552. The standard InChI is InChI=1S/C15H17NO5/c1-21-12-5-2-10(3-6-12)4-7-14(18)16-9-11(17)8-13(16)15(19)20/h2-7,11,13,17H,8-9H2,1H3,(H,19,20)/t11-,13-/m1/s1. The minimum atomic E-state index is -1.10. The minimum absolute atomic E-state index is 0.0444. The Morgan fingerprint density at radius 3 is 2.57 bits per heavy atom. The van der Waals surface area contributed by atoms with Crippen LogP contribution in [0.1, 0.15) is 12.0 Å². The number of aliphatic hydroxyl groups excluding tert-OH is 1. The van der Waals surface area contributed by atoms with Crippen LogP contribution in [0.3, 0.4) is 0 Å². The Labute approximate surface area is 122 Å². The predicted molar refractivity (Wildman–Crippen MR) is 75.8 cm³/mol. The van der Waals surface area contributed by atoms with Gasteiger partial charge in [-0.05, 0) is 23.8 Å². The molecule has 1 saturated heterocycles. The van der Waals surface area contributed by atoms with Crippen LogP contribution in [-0.4, -0.2) is 52.8 Å². The monoisotopic (exact) mass is 291 g/mol. The molecule has 1 aliphatic rings. The smallest absolute Gasteiger partial charge is 0.326 e. The lowest BCUT2D eigenvalue weighted by atomic mass is 10.2. The second kappa shape index (κ2) is 6.41. The number of carboxylic acid groups (broad SMARTS) is 1. The number of carbonyl (C=O) groups excluding carboxylic acids is 1. The summed E-state index contributed by atoms with van der Waals surface area (Å²) in [6, 6.07) is 6.15. The summed E-state index contributed by atoms with van der Waals surface area (Å²) in [7, 11) is 1.57. The molecule has 112 valence electrons. The fourth-order valence-corrected chi connectivity index (χ4v) is 2.27. The number of hydrogen-bond acceptors (Lipinski definition) is 4. The number of carboxylic acids is 1. The number of nitrogens with zero attached hydrogens (tertiary/aromatic N) is 1. The van der Waals surface area contributed by atoms with E-state index >= 15 is 0 Å². The van der Waals surface area contributed by atoms with Crippen molar-refractivity contribution in [3.8, 4) is 5.75 Å². The molecule has 6 nitrogen and oxygen atoms in total. The number of carbonyl (C=O) groups is 2. The summed E-state index contributed by atoms with van der Waals surface area (Å²) in [4.78, 5) is 24.3. The van der Waals surface area contributed by atoms with Gasteiger partial charge < -0.3 is 19.8 Å². The van der Waals surface area contributed by atoms with Gasteiger partial charge in [0, 0.05) is 19.0 Å². The Hall–Kier alpha value is -2.34. The number of likely N-dealkylation sites (tertiary alicyclic amines) is 1. The Morgan fingerprint density at radius 1 is 1.33 bits per heavy atom. The highest BCUT2D eigenvalue weighted by atomic mass is 16.5. The molecule has 0 radical (unpaired) electrons. The van der Waals surface area contributed by atoms with Gasteiger partial charge in [-0.3, -0.25) is 4.79 Å². The molecule has 1 aliphatic heterocycles. The van der Waals surface area contributed by atoms with Gasteiger partial charge in [-0.15, -0.1) is 0 Å². The maximum Gasteiger partial charge on any atom is 0.326 e. The number of methoxy groups -OCH3 is 1. The normalized spacial score (nSPS) is 21.7. The van der Waals surface area contributed by atoms with Gasteiger partial charge in [-0.25, -0.2) is 4.79 Å². The fraction of sp³-hybridized carbons (Fsp3) is 0.333. The molecule has 0 aromatic heterocycles. The van der Waals surface area contributed by atoms with Gasteiger partial charge in [0.1, 0.15) is 11.8 Å². The first-order valence-corrected chi connectivity index (χ1v) is 6.55. The molecule has 2 N–H and O–H groups in total. The highest BCUT2D eigenvalue weighted by molar-refractivity contribution is 5.94. The maximum absolute atomic E-state index is 12.0. The molecule has 0 aliphatic carbocycles. The van der Waals surface area contributed by atoms with Gasteiger partial charge in [0.15, 0.2) is 0 Å². The molecule has 1 amide bonds. The third kappa shape index (κ3) is 3.61. The molecule has 2 atom stereocenters. The summed E-state index contributed by atoms with van der Waals surface area (Å²) in [6.07, 6.45) is 2.20. The Balaban J connectivity index is 2.05. The first kappa shape index (κ1) is 15.1. The highest BCUT2D eigenvalue weighted by Gasteiger charge is 2.37. The molecule has 1 aromatic rings. The van der Waals surface area contributed by atoms with Crippen LogP contribution in [0, 0.1) is 0 Å². The number of aliphatic carboxylic acids is 1. The minimum Gasteiger partial charge on any atom is -0.497 e. The van der Waals surface area contributed by atoms with Gasteiger partial charge in [-0.2, -0.15) is 0 Å². The summed E-state index contributed by atoms with van der Waals surface area (Å²) in [6.45, 7) is 0.0444. The third-order valence-electron chi connectivity index (χ3n) is 3.38. The Kier molecular flexibility index (Phi) is 4.59. The van der Waals surface area contributed by atoms with E-state index in [0.29, 0.717) is 5.75 Å². The van der Waals surface area contributed by atoms with E-state index in [1.54, 1.807) is 37.5 Å². The van der Waals surface area contributed by atoms with Crippen LogP contribution < -0.4 is 4.74 Å². The average Bonchev–Trinajstić information content (AvgIpc) is 2.87. The van der Waals surface area contributed by atoms with Crippen LogP contribution in [0.15, 0.2) is 30.3 Å². The van der Waals surface area contributed by atoms with Crippen molar-refractivity contribution in [2.45, 2.75) is 18.6 Å².